The molecule has 1 heterocycles. The van der Waals surface area contributed by atoms with Crippen molar-refractivity contribution in [3.63, 3.8) is 0 Å². The van der Waals surface area contributed by atoms with Crippen LogP contribution >= 0.6 is 11.6 Å². The molecule has 8 heteroatoms. The number of anilines is 1. The van der Waals surface area contributed by atoms with E-state index in [9.17, 15) is 13.2 Å². The third kappa shape index (κ3) is 5.56. The van der Waals surface area contributed by atoms with Crippen LogP contribution in [0.2, 0.25) is 5.02 Å². The Morgan fingerprint density at radius 1 is 1.22 bits per heavy atom. The van der Waals surface area contributed by atoms with E-state index in [1.165, 1.54) is 4.31 Å². The van der Waals surface area contributed by atoms with E-state index in [-0.39, 0.29) is 17.3 Å². The number of nitrogens with one attached hydrogen (secondary N) is 1. The first kappa shape index (κ1) is 24.4. The second-order valence-corrected chi connectivity index (χ2v) is 10.5. The van der Waals surface area contributed by atoms with Crippen LogP contribution in [0.1, 0.15) is 45.1 Å². The van der Waals surface area contributed by atoms with Crippen molar-refractivity contribution in [1.29, 1.82) is 0 Å². The standard InChI is InChI=1S/C24H31ClN2O4S/c1-4-6-7-18(5-2)15-26-24(28)23-16-27(21-14-19(25)10-13-22(21)31-23)32(29,30)20-11-8-17(3)9-12-20/h8-14,18,23H,4-7,15-16H2,1-3H3,(H,26,28)/t18-,23-/m1/s1. The van der Waals surface area contributed by atoms with E-state index in [0.29, 0.717) is 28.9 Å². The Morgan fingerprint density at radius 3 is 2.59 bits per heavy atom. The number of unbranched alkanes of at least 4 members (excludes halogenated alkanes) is 1. The van der Waals surface area contributed by atoms with Gasteiger partial charge in [0.15, 0.2) is 6.10 Å². The number of benzene rings is 2. The number of nitrogens with zero attached hydrogens (tertiary/aromatic N) is 1. The molecule has 0 fully saturated rings. The summed E-state index contributed by atoms with van der Waals surface area (Å²) in [4.78, 5) is 13.1. The molecule has 6 nitrogen and oxygen atoms in total. The van der Waals surface area contributed by atoms with Crippen LogP contribution in [0.4, 0.5) is 5.69 Å². The van der Waals surface area contributed by atoms with Gasteiger partial charge in [0.1, 0.15) is 5.75 Å². The summed E-state index contributed by atoms with van der Waals surface area (Å²) in [5, 5.41) is 3.35. The number of aryl methyl sites for hydroxylation is 1. The van der Waals surface area contributed by atoms with Crippen LogP contribution in [0, 0.1) is 12.8 Å². The van der Waals surface area contributed by atoms with E-state index in [0.717, 1.165) is 31.2 Å². The Hall–Kier alpha value is -2.25. The van der Waals surface area contributed by atoms with Crippen molar-refractivity contribution in [3.05, 3.63) is 53.1 Å². The van der Waals surface area contributed by atoms with Crippen molar-refractivity contribution in [1.82, 2.24) is 5.32 Å². The molecule has 1 amide bonds. The monoisotopic (exact) mass is 478 g/mol. The van der Waals surface area contributed by atoms with Crippen LogP contribution in [-0.4, -0.2) is 33.5 Å². The fourth-order valence-electron chi connectivity index (χ4n) is 3.73. The van der Waals surface area contributed by atoms with Gasteiger partial charge in [-0.1, -0.05) is 62.4 Å². The quantitative estimate of drug-likeness (QED) is 0.554. The molecule has 1 aliphatic heterocycles. The molecule has 174 valence electrons. The lowest BCUT2D eigenvalue weighted by atomic mass is 9.99. The highest BCUT2D eigenvalue weighted by molar-refractivity contribution is 7.92. The Kier molecular flexibility index (Phi) is 8.06. The maximum Gasteiger partial charge on any atom is 0.264 e. The van der Waals surface area contributed by atoms with Gasteiger partial charge in [-0.2, -0.15) is 0 Å². The molecule has 1 N–H and O–H groups in total. The molecule has 32 heavy (non-hydrogen) atoms. The van der Waals surface area contributed by atoms with Crippen LogP contribution in [-0.2, 0) is 14.8 Å². The predicted octanol–water partition coefficient (Wildman–Crippen LogP) is 4.94. The second-order valence-electron chi connectivity index (χ2n) is 8.23. The van der Waals surface area contributed by atoms with Gasteiger partial charge in [0.25, 0.3) is 15.9 Å². The Morgan fingerprint density at radius 2 is 1.94 bits per heavy atom. The fraction of sp³-hybridized carbons (Fsp3) is 0.458. The summed E-state index contributed by atoms with van der Waals surface area (Å²) < 4.78 is 34.1. The summed E-state index contributed by atoms with van der Waals surface area (Å²) in [6.45, 7) is 6.58. The zero-order valence-corrected chi connectivity index (χ0v) is 20.4. The highest BCUT2D eigenvalue weighted by Crippen LogP contribution is 2.38. The highest BCUT2D eigenvalue weighted by Gasteiger charge is 2.37. The summed E-state index contributed by atoms with van der Waals surface area (Å²) in [6, 6.07) is 11.4. The van der Waals surface area contributed by atoms with Gasteiger partial charge >= 0.3 is 0 Å². The molecule has 2 aromatic rings. The average Bonchev–Trinajstić information content (AvgIpc) is 2.78. The number of hydrogen-bond donors (Lipinski definition) is 1. The molecule has 0 aromatic heterocycles. The smallest absolute Gasteiger partial charge is 0.264 e. The minimum atomic E-state index is -3.91. The number of halogens is 1. The number of carbonyl (C=O) groups is 1. The lowest BCUT2D eigenvalue weighted by molar-refractivity contribution is -0.127. The summed E-state index contributed by atoms with van der Waals surface area (Å²) >= 11 is 6.14. The number of ether oxygens (including phenoxy) is 1. The molecule has 3 rings (SSSR count). The molecule has 2 aromatic carbocycles. The first-order valence-electron chi connectivity index (χ1n) is 11.1. The lowest BCUT2D eigenvalue weighted by Gasteiger charge is -2.35. The van der Waals surface area contributed by atoms with Crippen LogP contribution in [0.15, 0.2) is 47.4 Å². The normalized spacial score (nSPS) is 16.8. The van der Waals surface area contributed by atoms with Crippen molar-refractivity contribution in [2.24, 2.45) is 5.92 Å². The van der Waals surface area contributed by atoms with Gasteiger partial charge < -0.3 is 10.1 Å². The Bertz CT molecular complexity index is 1040. The van der Waals surface area contributed by atoms with Gasteiger partial charge in [-0.05, 0) is 49.6 Å². The zero-order chi connectivity index (χ0) is 23.3. The molecular formula is C24H31ClN2O4S. The number of carbonyl (C=O) groups excluding carboxylic acids is 1. The molecule has 0 bridgehead atoms. The molecule has 0 radical (unpaired) electrons. The van der Waals surface area contributed by atoms with Gasteiger partial charge in [-0.15, -0.1) is 0 Å². The first-order valence-corrected chi connectivity index (χ1v) is 12.9. The average molecular weight is 479 g/mol. The molecular weight excluding hydrogens is 448 g/mol. The van der Waals surface area contributed by atoms with Crippen molar-refractivity contribution in [2.75, 3.05) is 17.4 Å². The molecule has 1 aliphatic rings. The molecule has 0 saturated carbocycles. The molecule has 0 unspecified atom stereocenters. The van der Waals surface area contributed by atoms with Crippen molar-refractivity contribution in [2.45, 2.75) is 57.5 Å². The third-order valence-electron chi connectivity index (χ3n) is 5.80. The first-order chi connectivity index (χ1) is 15.3. The van der Waals surface area contributed by atoms with Crippen molar-refractivity contribution < 1.29 is 17.9 Å². The Balaban J connectivity index is 1.85. The summed E-state index contributed by atoms with van der Waals surface area (Å²) in [6.07, 6.45) is 3.30. The minimum Gasteiger partial charge on any atom is -0.476 e. The number of rotatable bonds is 9. The van der Waals surface area contributed by atoms with E-state index in [4.69, 9.17) is 16.3 Å². The van der Waals surface area contributed by atoms with Crippen LogP contribution in [0.3, 0.4) is 0 Å². The molecule has 0 spiro atoms. The number of fused-ring (bicyclic) bond motifs is 1. The largest absolute Gasteiger partial charge is 0.476 e. The van der Waals surface area contributed by atoms with E-state index in [1.54, 1.807) is 42.5 Å². The summed E-state index contributed by atoms with van der Waals surface area (Å²) in [5.74, 6) is 0.389. The number of sulfonamides is 1. The molecule has 0 aliphatic carbocycles. The van der Waals surface area contributed by atoms with Crippen molar-refractivity contribution >= 4 is 33.2 Å². The minimum absolute atomic E-state index is 0.124. The second kappa shape index (κ2) is 10.6. The maximum atomic E-state index is 13.5. The molecule has 0 saturated heterocycles. The van der Waals surface area contributed by atoms with Crippen LogP contribution in [0.25, 0.3) is 0 Å². The summed E-state index contributed by atoms with van der Waals surface area (Å²) in [5.41, 5.74) is 1.29. The SMILES string of the molecule is CCCC[C@@H](CC)CNC(=O)[C@H]1CN(S(=O)(=O)c2ccc(C)cc2)c2cc(Cl)ccc2O1. The van der Waals surface area contributed by atoms with Crippen LogP contribution in [0.5, 0.6) is 5.75 Å². The van der Waals surface area contributed by atoms with Gasteiger partial charge in [0.05, 0.1) is 17.1 Å². The number of amides is 1. The van der Waals surface area contributed by atoms with Gasteiger partial charge in [-0.25, -0.2) is 8.42 Å². The van der Waals surface area contributed by atoms with E-state index >= 15 is 0 Å². The predicted molar refractivity (Wildman–Crippen MR) is 128 cm³/mol. The van der Waals surface area contributed by atoms with E-state index in [2.05, 4.69) is 19.2 Å². The summed E-state index contributed by atoms with van der Waals surface area (Å²) in [7, 11) is -3.91. The van der Waals surface area contributed by atoms with Crippen molar-refractivity contribution in [3.8, 4) is 5.75 Å². The van der Waals surface area contributed by atoms with E-state index < -0.39 is 16.1 Å². The lowest BCUT2D eigenvalue weighted by Crippen LogP contribution is -2.51. The van der Waals surface area contributed by atoms with Gasteiger partial charge in [0.2, 0.25) is 0 Å². The van der Waals surface area contributed by atoms with Gasteiger partial charge in [0, 0.05) is 11.6 Å². The number of hydrogen-bond acceptors (Lipinski definition) is 4. The highest BCUT2D eigenvalue weighted by atomic mass is 35.5. The van der Waals surface area contributed by atoms with Gasteiger partial charge in [-0.3, -0.25) is 9.10 Å². The third-order valence-corrected chi connectivity index (χ3v) is 7.83. The fourth-order valence-corrected chi connectivity index (χ4v) is 5.36. The zero-order valence-electron chi connectivity index (χ0n) is 18.8. The molecule has 2 atom stereocenters. The Labute approximate surface area is 196 Å². The van der Waals surface area contributed by atoms with Crippen LogP contribution < -0.4 is 14.4 Å². The van der Waals surface area contributed by atoms with E-state index in [1.807, 2.05) is 6.92 Å². The topological polar surface area (TPSA) is 75.7 Å². The maximum absolute atomic E-state index is 13.5.